The number of nitrogens with zero attached hydrogens (tertiary/aromatic N) is 2. The van der Waals surface area contributed by atoms with Crippen LogP contribution in [-0.4, -0.2) is 18.1 Å². The topological polar surface area (TPSA) is 16.1 Å². The molecule has 90 valence electrons. The summed E-state index contributed by atoms with van der Waals surface area (Å²) in [6.07, 6.45) is 3.86. The smallest absolute Gasteiger partial charge is 0.187 e. The van der Waals surface area contributed by atoms with E-state index in [4.69, 9.17) is 23.2 Å². The predicted molar refractivity (Wildman–Crippen MR) is 71.9 cm³/mol. The third-order valence-electron chi connectivity index (χ3n) is 3.01. The summed E-state index contributed by atoms with van der Waals surface area (Å²) in [5.41, 5.74) is 0. The first-order chi connectivity index (χ1) is 7.74. The summed E-state index contributed by atoms with van der Waals surface area (Å²) >= 11 is 13.4. The van der Waals surface area contributed by atoms with E-state index in [1.54, 1.807) is 11.3 Å². The van der Waals surface area contributed by atoms with E-state index in [9.17, 15) is 0 Å². The number of thiazole rings is 1. The Morgan fingerprint density at radius 3 is 3.00 bits per heavy atom. The second-order valence-corrected chi connectivity index (χ2v) is 5.92. The Morgan fingerprint density at radius 2 is 2.38 bits per heavy atom. The Labute approximate surface area is 111 Å². The SMILES string of the molecule is CCCC1CCN(c2nc(Cl)c(CCl)s2)C1. The van der Waals surface area contributed by atoms with E-state index in [2.05, 4.69) is 16.8 Å². The Morgan fingerprint density at radius 1 is 1.56 bits per heavy atom. The number of hydrogen-bond acceptors (Lipinski definition) is 3. The minimum atomic E-state index is 0.461. The molecule has 2 nitrogen and oxygen atoms in total. The Kier molecular flexibility index (Phi) is 4.34. The molecule has 0 aromatic carbocycles. The summed E-state index contributed by atoms with van der Waals surface area (Å²) in [5.74, 6) is 1.29. The van der Waals surface area contributed by atoms with E-state index in [1.807, 2.05) is 0 Å². The maximum atomic E-state index is 6.01. The second kappa shape index (κ2) is 5.56. The normalized spacial score (nSPS) is 20.7. The molecule has 0 amide bonds. The van der Waals surface area contributed by atoms with Crippen molar-refractivity contribution in [2.75, 3.05) is 18.0 Å². The van der Waals surface area contributed by atoms with Crippen LogP contribution in [0.15, 0.2) is 0 Å². The van der Waals surface area contributed by atoms with E-state index in [-0.39, 0.29) is 0 Å². The van der Waals surface area contributed by atoms with Crippen LogP contribution in [0, 0.1) is 5.92 Å². The highest BCUT2D eigenvalue weighted by Gasteiger charge is 2.24. The minimum Gasteiger partial charge on any atom is -0.348 e. The molecule has 5 heteroatoms. The summed E-state index contributed by atoms with van der Waals surface area (Å²) in [7, 11) is 0. The van der Waals surface area contributed by atoms with Crippen LogP contribution in [0.1, 0.15) is 31.1 Å². The zero-order valence-corrected chi connectivity index (χ0v) is 11.7. The Balaban J connectivity index is 2.02. The maximum Gasteiger partial charge on any atom is 0.187 e. The average Bonchev–Trinajstić information content (AvgIpc) is 2.85. The first-order valence-electron chi connectivity index (χ1n) is 5.70. The summed E-state index contributed by atoms with van der Waals surface area (Å²) in [6.45, 7) is 4.48. The third-order valence-corrected chi connectivity index (χ3v) is 4.98. The van der Waals surface area contributed by atoms with Gasteiger partial charge in [-0.15, -0.1) is 11.6 Å². The molecule has 0 aliphatic carbocycles. The van der Waals surface area contributed by atoms with E-state index < -0.39 is 0 Å². The van der Waals surface area contributed by atoms with Crippen molar-refractivity contribution in [3.63, 3.8) is 0 Å². The van der Waals surface area contributed by atoms with Crippen molar-refractivity contribution in [2.45, 2.75) is 32.1 Å². The maximum absolute atomic E-state index is 6.01. The van der Waals surface area contributed by atoms with Crippen LogP contribution in [0.5, 0.6) is 0 Å². The minimum absolute atomic E-state index is 0.461. The van der Waals surface area contributed by atoms with Gasteiger partial charge < -0.3 is 4.90 Å². The number of anilines is 1. The van der Waals surface area contributed by atoms with Crippen LogP contribution >= 0.6 is 34.5 Å². The van der Waals surface area contributed by atoms with Crippen molar-refractivity contribution in [2.24, 2.45) is 5.92 Å². The molecule has 1 aromatic heterocycles. The molecule has 0 radical (unpaired) electrons. The van der Waals surface area contributed by atoms with Crippen LogP contribution in [-0.2, 0) is 5.88 Å². The number of rotatable bonds is 4. The molecular formula is C11H16Cl2N2S. The Bertz CT molecular complexity index is 354. The molecule has 0 spiro atoms. The van der Waals surface area contributed by atoms with Crippen LogP contribution in [0.25, 0.3) is 0 Å². The average molecular weight is 279 g/mol. The number of alkyl halides is 1. The van der Waals surface area contributed by atoms with E-state index in [1.165, 1.54) is 19.3 Å². The summed E-state index contributed by atoms with van der Waals surface area (Å²) in [6, 6.07) is 0. The van der Waals surface area contributed by atoms with Crippen LogP contribution in [0.3, 0.4) is 0 Å². The van der Waals surface area contributed by atoms with Crippen molar-refractivity contribution in [3.05, 3.63) is 10.0 Å². The Hall–Kier alpha value is 0.01000. The lowest BCUT2D eigenvalue weighted by molar-refractivity contribution is 0.530. The molecule has 1 aromatic rings. The largest absolute Gasteiger partial charge is 0.348 e. The highest BCUT2D eigenvalue weighted by atomic mass is 35.5. The van der Waals surface area contributed by atoms with Gasteiger partial charge in [0, 0.05) is 13.1 Å². The van der Waals surface area contributed by atoms with Crippen molar-refractivity contribution < 1.29 is 0 Å². The van der Waals surface area contributed by atoms with Crippen molar-refractivity contribution in [3.8, 4) is 0 Å². The van der Waals surface area contributed by atoms with Gasteiger partial charge in [-0.2, -0.15) is 0 Å². The van der Waals surface area contributed by atoms with Gasteiger partial charge in [-0.1, -0.05) is 36.3 Å². The van der Waals surface area contributed by atoms with Crippen LogP contribution < -0.4 is 4.90 Å². The van der Waals surface area contributed by atoms with Gasteiger partial charge in [0.15, 0.2) is 5.13 Å². The molecule has 1 saturated heterocycles. The highest BCUT2D eigenvalue weighted by Crippen LogP contribution is 2.34. The lowest BCUT2D eigenvalue weighted by Gasteiger charge is -2.14. The van der Waals surface area contributed by atoms with Crippen LogP contribution in [0.2, 0.25) is 5.15 Å². The molecular weight excluding hydrogens is 263 g/mol. The zero-order chi connectivity index (χ0) is 11.5. The van der Waals surface area contributed by atoms with E-state index in [0.29, 0.717) is 11.0 Å². The number of hydrogen-bond donors (Lipinski definition) is 0. The van der Waals surface area contributed by atoms with Gasteiger partial charge in [-0.05, 0) is 18.8 Å². The zero-order valence-electron chi connectivity index (χ0n) is 9.38. The molecule has 0 saturated carbocycles. The van der Waals surface area contributed by atoms with Crippen molar-refractivity contribution in [1.29, 1.82) is 0 Å². The molecule has 2 rings (SSSR count). The van der Waals surface area contributed by atoms with Crippen LogP contribution in [0.4, 0.5) is 5.13 Å². The fourth-order valence-corrected chi connectivity index (χ4v) is 3.70. The lowest BCUT2D eigenvalue weighted by atomic mass is 10.0. The van der Waals surface area contributed by atoms with Gasteiger partial charge in [0.1, 0.15) is 5.15 Å². The molecule has 1 fully saturated rings. The highest BCUT2D eigenvalue weighted by molar-refractivity contribution is 7.16. The lowest BCUT2D eigenvalue weighted by Crippen LogP contribution is -2.19. The van der Waals surface area contributed by atoms with Gasteiger partial charge in [0.25, 0.3) is 0 Å². The van der Waals surface area contributed by atoms with Crippen molar-refractivity contribution in [1.82, 2.24) is 4.98 Å². The van der Waals surface area contributed by atoms with E-state index >= 15 is 0 Å². The number of halogens is 2. The van der Waals surface area contributed by atoms with Crippen molar-refractivity contribution >= 4 is 39.7 Å². The second-order valence-electron chi connectivity index (χ2n) is 4.23. The molecule has 1 aliphatic heterocycles. The molecule has 1 unspecified atom stereocenters. The monoisotopic (exact) mass is 278 g/mol. The van der Waals surface area contributed by atoms with Gasteiger partial charge in [0.2, 0.25) is 0 Å². The molecule has 0 bridgehead atoms. The first-order valence-corrected chi connectivity index (χ1v) is 7.43. The quantitative estimate of drug-likeness (QED) is 0.769. The van der Waals surface area contributed by atoms with E-state index in [0.717, 1.165) is 29.0 Å². The van der Waals surface area contributed by atoms with Gasteiger partial charge in [0.05, 0.1) is 10.8 Å². The molecule has 2 heterocycles. The summed E-state index contributed by atoms with van der Waals surface area (Å²) < 4.78 is 0. The molecule has 0 N–H and O–H groups in total. The molecule has 16 heavy (non-hydrogen) atoms. The standard InChI is InChI=1S/C11H16Cl2N2S/c1-2-3-8-4-5-15(7-8)11-14-10(13)9(6-12)16-11/h8H,2-7H2,1H3. The summed E-state index contributed by atoms with van der Waals surface area (Å²) in [4.78, 5) is 7.71. The van der Waals surface area contributed by atoms with Gasteiger partial charge in [-0.3, -0.25) is 0 Å². The van der Waals surface area contributed by atoms with Gasteiger partial charge >= 0.3 is 0 Å². The number of aromatic nitrogens is 1. The fraction of sp³-hybridized carbons (Fsp3) is 0.727. The predicted octanol–water partition coefficient (Wildman–Crippen LogP) is 4.16. The summed E-state index contributed by atoms with van der Waals surface area (Å²) in [5, 5.41) is 1.62. The molecule has 1 atom stereocenters. The van der Waals surface area contributed by atoms with Gasteiger partial charge in [-0.25, -0.2) is 4.98 Å². The fourth-order valence-electron chi connectivity index (χ4n) is 2.19. The first kappa shape index (κ1) is 12.5. The molecule has 1 aliphatic rings. The third kappa shape index (κ3) is 2.63.